The maximum absolute atomic E-state index is 13.0. The van der Waals surface area contributed by atoms with Crippen LogP contribution in [0.1, 0.15) is 56.2 Å². The number of nitrogens with zero attached hydrogens (tertiary/aromatic N) is 3. The minimum absolute atomic E-state index is 0.00974. The molecule has 0 bridgehead atoms. The lowest BCUT2D eigenvalue weighted by atomic mass is 9.88. The molecule has 2 fully saturated rings. The summed E-state index contributed by atoms with van der Waals surface area (Å²) in [6.07, 6.45) is 7.08. The van der Waals surface area contributed by atoms with E-state index in [2.05, 4.69) is 44.8 Å². The van der Waals surface area contributed by atoms with Gasteiger partial charge in [-0.15, -0.1) is 11.3 Å². The number of thiazole rings is 1. The number of methoxy groups -OCH3 is 1. The summed E-state index contributed by atoms with van der Waals surface area (Å²) in [5.74, 6) is -0.319. The van der Waals surface area contributed by atoms with Gasteiger partial charge in [0.05, 0.1) is 18.7 Å². The Labute approximate surface area is 235 Å². The number of likely N-dealkylation sites (tertiary alicyclic amines) is 1. The second-order valence-electron chi connectivity index (χ2n) is 10.6. The lowest BCUT2D eigenvalue weighted by Gasteiger charge is -2.32. The standard InChI is InChI=1S/C29H41N5O4S/c1-38-17-16-34(28(37)23-10-6-3-7-11-23)20-27(36)32-29-31-25(21-39-29)18-26(35)30-24-12-14-33(15-13-24)19-22-8-4-2-5-9-22/h2,4-5,8-9,21,23-24H,3,6-7,10-20H2,1H3,(H,30,35)(H,31,32,36). The number of benzene rings is 1. The quantitative estimate of drug-likeness (QED) is 0.416. The van der Waals surface area contributed by atoms with Gasteiger partial charge in [-0.1, -0.05) is 49.6 Å². The Kier molecular flexibility index (Phi) is 11.3. The van der Waals surface area contributed by atoms with Crippen molar-refractivity contribution in [1.29, 1.82) is 0 Å². The van der Waals surface area contributed by atoms with E-state index in [0.29, 0.717) is 24.0 Å². The van der Waals surface area contributed by atoms with Crippen LogP contribution in [0.2, 0.25) is 0 Å². The summed E-state index contributed by atoms with van der Waals surface area (Å²) < 4.78 is 5.16. The molecule has 1 saturated heterocycles. The minimum atomic E-state index is -0.289. The molecular weight excluding hydrogens is 514 g/mol. The van der Waals surface area contributed by atoms with Crippen molar-refractivity contribution in [3.63, 3.8) is 0 Å². The SMILES string of the molecule is COCCN(CC(=O)Nc1nc(CC(=O)NC2CCN(Cc3ccccc3)CC2)cs1)C(=O)C1CCCCC1. The molecule has 0 spiro atoms. The number of hydrogen-bond acceptors (Lipinski definition) is 7. The number of aromatic nitrogens is 1. The van der Waals surface area contributed by atoms with E-state index >= 15 is 0 Å². The molecule has 0 radical (unpaired) electrons. The van der Waals surface area contributed by atoms with Crippen LogP contribution in [0, 0.1) is 5.92 Å². The van der Waals surface area contributed by atoms with Crippen molar-refractivity contribution in [2.75, 3.05) is 45.2 Å². The fourth-order valence-corrected chi connectivity index (χ4v) is 6.10. The molecule has 4 rings (SSSR count). The van der Waals surface area contributed by atoms with Crippen molar-refractivity contribution >= 4 is 34.2 Å². The zero-order valence-electron chi connectivity index (χ0n) is 22.9. The fourth-order valence-electron chi connectivity index (χ4n) is 5.37. The highest BCUT2D eigenvalue weighted by Crippen LogP contribution is 2.25. The molecule has 2 heterocycles. The number of piperidine rings is 1. The number of nitrogens with one attached hydrogen (secondary N) is 2. The van der Waals surface area contributed by atoms with E-state index in [1.165, 1.54) is 23.3 Å². The van der Waals surface area contributed by atoms with Crippen molar-refractivity contribution in [1.82, 2.24) is 20.1 Å². The molecular formula is C29H41N5O4S. The minimum Gasteiger partial charge on any atom is -0.383 e. The van der Waals surface area contributed by atoms with Crippen LogP contribution in [-0.2, 0) is 32.1 Å². The highest BCUT2D eigenvalue weighted by Gasteiger charge is 2.27. The van der Waals surface area contributed by atoms with Crippen LogP contribution in [0.3, 0.4) is 0 Å². The fraction of sp³-hybridized carbons (Fsp3) is 0.586. The van der Waals surface area contributed by atoms with Crippen molar-refractivity contribution < 1.29 is 19.1 Å². The normalized spacial score (nSPS) is 17.1. The first-order valence-electron chi connectivity index (χ1n) is 14.1. The molecule has 10 heteroatoms. The zero-order valence-corrected chi connectivity index (χ0v) is 23.7. The van der Waals surface area contributed by atoms with E-state index in [4.69, 9.17) is 4.74 Å². The number of ether oxygens (including phenoxy) is 1. The maximum atomic E-state index is 13.0. The van der Waals surface area contributed by atoms with E-state index in [-0.39, 0.29) is 42.6 Å². The van der Waals surface area contributed by atoms with Crippen molar-refractivity contribution in [2.45, 2.75) is 64.0 Å². The molecule has 0 unspecified atom stereocenters. The first kappa shape index (κ1) is 29.2. The first-order valence-corrected chi connectivity index (χ1v) is 15.0. The first-order chi connectivity index (χ1) is 19.0. The smallest absolute Gasteiger partial charge is 0.245 e. The Morgan fingerprint density at radius 3 is 2.51 bits per heavy atom. The molecule has 1 aromatic carbocycles. The molecule has 2 N–H and O–H groups in total. The highest BCUT2D eigenvalue weighted by molar-refractivity contribution is 7.13. The molecule has 2 aromatic rings. The van der Waals surface area contributed by atoms with Crippen molar-refractivity contribution in [2.24, 2.45) is 5.92 Å². The predicted molar refractivity (Wildman–Crippen MR) is 152 cm³/mol. The summed E-state index contributed by atoms with van der Waals surface area (Å²) in [5, 5.41) is 8.19. The average molecular weight is 556 g/mol. The van der Waals surface area contributed by atoms with E-state index in [1.807, 2.05) is 6.07 Å². The Morgan fingerprint density at radius 2 is 1.79 bits per heavy atom. The second kappa shape index (κ2) is 15.1. The van der Waals surface area contributed by atoms with Gasteiger partial charge in [-0.3, -0.25) is 19.3 Å². The van der Waals surface area contributed by atoms with Gasteiger partial charge < -0.3 is 20.3 Å². The van der Waals surface area contributed by atoms with Gasteiger partial charge in [0.2, 0.25) is 17.7 Å². The van der Waals surface area contributed by atoms with Crippen molar-refractivity contribution in [3.8, 4) is 0 Å². The third-order valence-corrected chi connectivity index (χ3v) is 8.31. The summed E-state index contributed by atoms with van der Waals surface area (Å²) in [6.45, 7) is 3.58. The molecule has 1 aliphatic carbocycles. The van der Waals surface area contributed by atoms with E-state index < -0.39 is 0 Å². The van der Waals surface area contributed by atoms with Crippen LogP contribution in [-0.4, -0.2) is 78.4 Å². The Balaban J connectivity index is 1.19. The molecule has 3 amide bonds. The van der Waals surface area contributed by atoms with Crippen LogP contribution >= 0.6 is 11.3 Å². The molecule has 1 aromatic heterocycles. The van der Waals surface area contributed by atoms with Gasteiger partial charge in [0.15, 0.2) is 5.13 Å². The summed E-state index contributed by atoms with van der Waals surface area (Å²) >= 11 is 1.29. The van der Waals surface area contributed by atoms with Crippen LogP contribution in [0.25, 0.3) is 0 Å². The summed E-state index contributed by atoms with van der Waals surface area (Å²) in [5.41, 5.74) is 1.94. The maximum Gasteiger partial charge on any atom is 0.245 e. The van der Waals surface area contributed by atoms with Gasteiger partial charge >= 0.3 is 0 Å². The average Bonchev–Trinajstić information content (AvgIpc) is 3.38. The molecule has 2 aliphatic rings. The Hall–Kier alpha value is -2.82. The van der Waals surface area contributed by atoms with Crippen LogP contribution < -0.4 is 10.6 Å². The summed E-state index contributed by atoms with van der Waals surface area (Å²) in [7, 11) is 1.59. The third-order valence-electron chi connectivity index (χ3n) is 7.51. The van der Waals surface area contributed by atoms with Gasteiger partial charge in [0.25, 0.3) is 0 Å². The Bertz CT molecular complexity index is 1060. The van der Waals surface area contributed by atoms with Crippen LogP contribution in [0.5, 0.6) is 0 Å². The van der Waals surface area contributed by atoms with Crippen LogP contribution in [0.15, 0.2) is 35.7 Å². The zero-order chi connectivity index (χ0) is 27.5. The molecule has 1 saturated carbocycles. The second-order valence-corrected chi connectivity index (χ2v) is 11.4. The number of carbonyl (C=O) groups is 3. The number of amides is 3. The van der Waals surface area contributed by atoms with Gasteiger partial charge in [0, 0.05) is 50.6 Å². The lowest BCUT2D eigenvalue weighted by Crippen LogP contribution is -2.44. The largest absolute Gasteiger partial charge is 0.383 e. The van der Waals surface area contributed by atoms with Gasteiger partial charge in [-0.05, 0) is 31.2 Å². The van der Waals surface area contributed by atoms with E-state index in [0.717, 1.165) is 58.2 Å². The summed E-state index contributed by atoms with van der Waals surface area (Å²) in [4.78, 5) is 46.9. The topological polar surface area (TPSA) is 104 Å². The predicted octanol–water partition coefficient (Wildman–Crippen LogP) is 3.46. The van der Waals surface area contributed by atoms with E-state index in [1.54, 1.807) is 17.4 Å². The van der Waals surface area contributed by atoms with Gasteiger partial charge in [-0.25, -0.2) is 4.98 Å². The third kappa shape index (κ3) is 9.40. The molecule has 9 nitrogen and oxygen atoms in total. The number of anilines is 1. The Morgan fingerprint density at radius 1 is 1.05 bits per heavy atom. The monoisotopic (exact) mass is 555 g/mol. The van der Waals surface area contributed by atoms with Crippen molar-refractivity contribution in [3.05, 3.63) is 47.0 Å². The van der Waals surface area contributed by atoms with Crippen LogP contribution in [0.4, 0.5) is 5.13 Å². The molecule has 0 atom stereocenters. The number of rotatable bonds is 12. The van der Waals surface area contributed by atoms with Gasteiger partial charge in [-0.2, -0.15) is 0 Å². The number of carbonyl (C=O) groups excluding carboxylic acids is 3. The molecule has 212 valence electrons. The lowest BCUT2D eigenvalue weighted by molar-refractivity contribution is -0.139. The van der Waals surface area contributed by atoms with Gasteiger partial charge in [0.1, 0.15) is 6.54 Å². The van der Waals surface area contributed by atoms with E-state index in [9.17, 15) is 14.4 Å². The number of hydrogen-bond donors (Lipinski definition) is 2. The molecule has 1 aliphatic heterocycles. The highest BCUT2D eigenvalue weighted by atomic mass is 32.1. The molecule has 39 heavy (non-hydrogen) atoms. The summed E-state index contributed by atoms with van der Waals surface area (Å²) in [6, 6.07) is 10.6.